The Balaban J connectivity index is 1.92. The van der Waals surface area contributed by atoms with Crippen molar-refractivity contribution in [3.8, 4) is 0 Å². The van der Waals surface area contributed by atoms with E-state index in [2.05, 4.69) is 15.5 Å². The molecule has 3 amide bonds. The third kappa shape index (κ3) is 4.37. The Morgan fingerprint density at radius 1 is 1.03 bits per heavy atom. The Morgan fingerprint density at radius 3 is 2.32 bits per heavy atom. The molecule has 0 aliphatic carbocycles. The number of hydrogen-bond acceptors (Lipinski definition) is 6. The fraction of sp³-hybridized carbons (Fsp3) is 0.261. The first-order valence-electron chi connectivity index (χ1n) is 10.1. The zero-order chi connectivity index (χ0) is 22.5. The maximum absolute atomic E-state index is 13.0. The number of aliphatic hydroxyl groups is 1. The Hall–Kier alpha value is -3.81. The number of nitrogens with zero attached hydrogens (tertiary/aromatic N) is 3. The van der Waals surface area contributed by atoms with Gasteiger partial charge in [0.1, 0.15) is 5.76 Å². The molecule has 2 N–H and O–H groups in total. The average molecular weight is 420 g/mol. The second kappa shape index (κ2) is 9.34. The molecule has 0 saturated carbocycles. The molecular formula is C23H24N4O4. The molecular weight excluding hydrogens is 396 g/mol. The zero-order valence-electron chi connectivity index (χ0n) is 17.6. The van der Waals surface area contributed by atoms with E-state index in [4.69, 9.17) is 0 Å². The van der Waals surface area contributed by atoms with E-state index < -0.39 is 11.8 Å². The van der Waals surface area contributed by atoms with Crippen LogP contribution in [0.5, 0.6) is 0 Å². The van der Waals surface area contributed by atoms with Gasteiger partial charge in [-0.25, -0.2) is 0 Å². The standard InChI is InChI=1S/C23H24N4O4/c1-4-16(5-2)27-22(30)17-12-9-13-18(19(17)23(27)31)25-26-20(14(3)28)21(29)24-15-10-7-6-8-11-15/h6-13,16,28H,4-5H2,1-3H3,(H,24,29)/b20-14-,26-25?. The summed E-state index contributed by atoms with van der Waals surface area (Å²) >= 11 is 0. The zero-order valence-corrected chi connectivity index (χ0v) is 17.6. The SMILES string of the molecule is CCC(CC)N1C(=O)c2cccc(N=N/C(C(=O)Nc3ccccc3)=C(/C)O)c2C1=O. The summed E-state index contributed by atoms with van der Waals surface area (Å²) in [5.74, 6) is -1.76. The lowest BCUT2D eigenvalue weighted by Crippen LogP contribution is -2.39. The first-order chi connectivity index (χ1) is 14.9. The van der Waals surface area contributed by atoms with E-state index in [1.54, 1.807) is 42.5 Å². The highest BCUT2D eigenvalue weighted by Crippen LogP contribution is 2.34. The van der Waals surface area contributed by atoms with Gasteiger partial charge < -0.3 is 10.4 Å². The molecule has 3 rings (SSSR count). The summed E-state index contributed by atoms with van der Waals surface area (Å²) < 4.78 is 0. The smallest absolute Gasteiger partial charge is 0.279 e. The van der Waals surface area contributed by atoms with Gasteiger partial charge in [-0.2, -0.15) is 0 Å². The minimum absolute atomic E-state index is 0.154. The summed E-state index contributed by atoms with van der Waals surface area (Å²) in [6.07, 6.45) is 1.30. The van der Waals surface area contributed by atoms with Gasteiger partial charge in [0.2, 0.25) is 0 Å². The molecule has 8 heteroatoms. The van der Waals surface area contributed by atoms with E-state index >= 15 is 0 Å². The van der Waals surface area contributed by atoms with Crippen LogP contribution < -0.4 is 5.32 Å². The van der Waals surface area contributed by atoms with Gasteiger partial charge in [0.05, 0.1) is 16.8 Å². The Labute approximate surface area is 180 Å². The highest BCUT2D eigenvalue weighted by atomic mass is 16.3. The van der Waals surface area contributed by atoms with E-state index in [-0.39, 0.29) is 40.2 Å². The molecule has 0 spiro atoms. The molecule has 1 aliphatic rings. The number of imide groups is 1. The predicted octanol–water partition coefficient (Wildman–Crippen LogP) is 4.98. The topological polar surface area (TPSA) is 111 Å². The van der Waals surface area contributed by atoms with Crippen molar-refractivity contribution < 1.29 is 19.5 Å². The number of carbonyl (C=O) groups excluding carboxylic acids is 3. The van der Waals surface area contributed by atoms with Crippen molar-refractivity contribution in [1.82, 2.24) is 4.90 Å². The second-order valence-corrected chi connectivity index (χ2v) is 7.10. The van der Waals surface area contributed by atoms with Crippen LogP contribution in [0.4, 0.5) is 11.4 Å². The number of amides is 3. The highest BCUT2D eigenvalue weighted by molar-refractivity contribution is 6.23. The van der Waals surface area contributed by atoms with E-state index in [9.17, 15) is 19.5 Å². The number of allylic oxidation sites excluding steroid dienone is 1. The van der Waals surface area contributed by atoms with Crippen LogP contribution in [-0.4, -0.2) is 33.8 Å². The summed E-state index contributed by atoms with van der Waals surface area (Å²) in [6.45, 7) is 5.16. The lowest BCUT2D eigenvalue weighted by molar-refractivity contribution is -0.113. The molecule has 0 saturated heterocycles. The second-order valence-electron chi connectivity index (χ2n) is 7.10. The van der Waals surface area contributed by atoms with E-state index in [0.717, 1.165) is 0 Å². The molecule has 160 valence electrons. The lowest BCUT2D eigenvalue weighted by Gasteiger charge is -2.23. The van der Waals surface area contributed by atoms with Crippen LogP contribution in [0.25, 0.3) is 0 Å². The third-order valence-corrected chi connectivity index (χ3v) is 5.08. The van der Waals surface area contributed by atoms with Gasteiger partial charge in [-0.3, -0.25) is 19.3 Å². The third-order valence-electron chi connectivity index (χ3n) is 5.08. The number of azo groups is 1. The average Bonchev–Trinajstić information content (AvgIpc) is 3.01. The number of fused-ring (bicyclic) bond motifs is 1. The molecule has 0 fully saturated rings. The largest absolute Gasteiger partial charge is 0.510 e. The van der Waals surface area contributed by atoms with Crippen molar-refractivity contribution in [3.05, 3.63) is 71.1 Å². The van der Waals surface area contributed by atoms with Crippen LogP contribution in [-0.2, 0) is 4.79 Å². The Morgan fingerprint density at radius 2 is 1.71 bits per heavy atom. The molecule has 0 atom stereocenters. The van der Waals surface area contributed by atoms with Crippen LogP contribution in [0.3, 0.4) is 0 Å². The monoisotopic (exact) mass is 420 g/mol. The minimum atomic E-state index is -0.649. The molecule has 2 aromatic rings. The van der Waals surface area contributed by atoms with Crippen LogP contribution in [0.2, 0.25) is 0 Å². The molecule has 0 bridgehead atoms. The molecule has 2 aromatic carbocycles. The van der Waals surface area contributed by atoms with Crippen molar-refractivity contribution in [3.63, 3.8) is 0 Å². The number of hydrogen-bond donors (Lipinski definition) is 2. The van der Waals surface area contributed by atoms with Gasteiger partial charge in [0.25, 0.3) is 17.7 Å². The van der Waals surface area contributed by atoms with Crippen LogP contribution in [0.1, 0.15) is 54.3 Å². The van der Waals surface area contributed by atoms with Gasteiger partial charge in [-0.15, -0.1) is 10.2 Å². The van der Waals surface area contributed by atoms with Crippen LogP contribution >= 0.6 is 0 Å². The number of para-hydroxylation sites is 1. The lowest BCUT2D eigenvalue weighted by atomic mass is 10.1. The first-order valence-corrected chi connectivity index (χ1v) is 10.1. The number of aliphatic hydroxyl groups excluding tert-OH is 1. The van der Waals surface area contributed by atoms with Crippen molar-refractivity contribution >= 4 is 29.1 Å². The molecule has 1 aliphatic heterocycles. The molecule has 31 heavy (non-hydrogen) atoms. The number of rotatable bonds is 7. The van der Waals surface area contributed by atoms with Crippen molar-refractivity contribution in [2.45, 2.75) is 39.7 Å². The summed E-state index contributed by atoms with van der Waals surface area (Å²) in [5.41, 5.74) is 0.809. The molecule has 0 aromatic heterocycles. The molecule has 0 unspecified atom stereocenters. The summed E-state index contributed by atoms with van der Waals surface area (Å²) in [4.78, 5) is 39.6. The van der Waals surface area contributed by atoms with Crippen molar-refractivity contribution in [2.24, 2.45) is 10.2 Å². The number of anilines is 1. The quantitative estimate of drug-likeness (QED) is 0.285. The number of benzene rings is 2. The van der Waals surface area contributed by atoms with E-state index in [0.29, 0.717) is 18.5 Å². The summed E-state index contributed by atoms with van der Waals surface area (Å²) in [5, 5.41) is 20.5. The van der Waals surface area contributed by atoms with Gasteiger partial charge in [0, 0.05) is 11.7 Å². The van der Waals surface area contributed by atoms with Gasteiger partial charge in [0.15, 0.2) is 5.70 Å². The Bertz CT molecular complexity index is 1070. The molecule has 8 nitrogen and oxygen atoms in total. The van der Waals surface area contributed by atoms with E-state index in [1.165, 1.54) is 11.8 Å². The fourth-order valence-electron chi connectivity index (χ4n) is 3.45. The maximum atomic E-state index is 13.0. The van der Waals surface area contributed by atoms with Crippen LogP contribution in [0.15, 0.2) is 70.2 Å². The summed E-state index contributed by atoms with van der Waals surface area (Å²) in [7, 11) is 0. The Kier molecular flexibility index (Phi) is 6.59. The predicted molar refractivity (Wildman–Crippen MR) is 116 cm³/mol. The van der Waals surface area contributed by atoms with Gasteiger partial charge in [-0.05, 0) is 44.0 Å². The van der Waals surface area contributed by atoms with Crippen molar-refractivity contribution in [2.75, 3.05) is 5.32 Å². The highest BCUT2D eigenvalue weighted by Gasteiger charge is 2.40. The fourth-order valence-corrected chi connectivity index (χ4v) is 3.45. The molecule has 0 radical (unpaired) electrons. The van der Waals surface area contributed by atoms with Gasteiger partial charge >= 0.3 is 0 Å². The maximum Gasteiger partial charge on any atom is 0.279 e. The molecule has 1 heterocycles. The van der Waals surface area contributed by atoms with Crippen LogP contribution in [0, 0.1) is 0 Å². The minimum Gasteiger partial charge on any atom is -0.510 e. The van der Waals surface area contributed by atoms with Gasteiger partial charge in [-0.1, -0.05) is 38.1 Å². The normalized spacial score (nSPS) is 14.3. The first kappa shape index (κ1) is 21.9. The van der Waals surface area contributed by atoms with E-state index in [1.807, 2.05) is 19.9 Å². The number of carbonyl (C=O) groups is 3. The van der Waals surface area contributed by atoms with Crippen molar-refractivity contribution in [1.29, 1.82) is 0 Å². The summed E-state index contributed by atoms with van der Waals surface area (Å²) in [6, 6.07) is 13.2. The number of nitrogens with one attached hydrogen (secondary N) is 1.